The van der Waals surface area contributed by atoms with E-state index in [-0.39, 0.29) is 18.8 Å². The van der Waals surface area contributed by atoms with Gasteiger partial charge >= 0.3 is 5.69 Å². The Morgan fingerprint density at radius 3 is 2.36 bits per heavy atom. The van der Waals surface area contributed by atoms with E-state index in [2.05, 4.69) is 0 Å². The Kier molecular flexibility index (Phi) is 4.87. The van der Waals surface area contributed by atoms with Crippen LogP contribution in [-0.4, -0.2) is 27.0 Å². The lowest BCUT2D eigenvalue weighted by atomic mass is 10.2. The normalized spacial score (nSPS) is 12.0. The third-order valence-corrected chi connectivity index (χ3v) is 4.06. The first-order valence-corrected chi connectivity index (χ1v) is 8.13. The first kappa shape index (κ1) is 16.8. The monoisotopic (exact) mass is 337 g/mol. The molecular weight excluding hydrogens is 318 g/mol. The van der Waals surface area contributed by atoms with Gasteiger partial charge < -0.3 is 9.84 Å². The number of para-hydroxylation sites is 2. The van der Waals surface area contributed by atoms with E-state index in [9.17, 15) is 9.90 Å². The van der Waals surface area contributed by atoms with Gasteiger partial charge in [0.1, 0.15) is 18.5 Å². The number of hydrogen-bond acceptors (Lipinski definition) is 4. The summed E-state index contributed by atoms with van der Waals surface area (Å²) in [5.41, 5.74) is 2.06. The van der Waals surface area contributed by atoms with Gasteiger partial charge in [0.15, 0.2) is 0 Å². The number of ether oxygens (including phenoxy) is 1. The third kappa shape index (κ3) is 3.42. The molecule has 1 heterocycles. The third-order valence-electron chi connectivity index (χ3n) is 4.06. The Hall–Kier alpha value is -3.04. The molecule has 25 heavy (non-hydrogen) atoms. The summed E-state index contributed by atoms with van der Waals surface area (Å²) in [6, 6.07) is 16.2. The maximum absolute atomic E-state index is 12.5. The molecule has 6 heteroatoms. The van der Waals surface area contributed by atoms with Crippen molar-refractivity contribution in [1.82, 2.24) is 9.13 Å². The van der Waals surface area contributed by atoms with Crippen LogP contribution in [0.4, 0.5) is 0 Å². The molecular formula is C19H19N3O3. The van der Waals surface area contributed by atoms with Crippen LogP contribution in [0.25, 0.3) is 11.0 Å². The van der Waals surface area contributed by atoms with Crippen molar-refractivity contribution in [2.24, 2.45) is 0 Å². The van der Waals surface area contributed by atoms with E-state index in [0.717, 1.165) is 11.0 Å². The van der Waals surface area contributed by atoms with Crippen LogP contribution in [0, 0.1) is 11.3 Å². The van der Waals surface area contributed by atoms with Crippen LogP contribution in [0.1, 0.15) is 12.5 Å². The lowest BCUT2D eigenvalue weighted by molar-refractivity contribution is 0.0924. The number of nitrogens with zero attached hydrogens (tertiary/aromatic N) is 3. The van der Waals surface area contributed by atoms with Crippen molar-refractivity contribution in [2.45, 2.75) is 26.1 Å². The van der Waals surface area contributed by atoms with Crippen molar-refractivity contribution in [1.29, 1.82) is 5.26 Å². The number of nitriles is 1. The number of fused-ring (bicyclic) bond motifs is 1. The SMILES string of the molecule is CCn1c(=O)n(CC(O)COc2ccc(C#N)cc2)c2ccccc21. The van der Waals surface area contributed by atoms with Crippen LogP contribution in [0.15, 0.2) is 53.3 Å². The van der Waals surface area contributed by atoms with Gasteiger partial charge in [-0.3, -0.25) is 9.13 Å². The molecule has 0 aliphatic heterocycles. The fourth-order valence-electron chi connectivity index (χ4n) is 2.84. The summed E-state index contributed by atoms with van der Waals surface area (Å²) in [5, 5.41) is 19.1. The van der Waals surface area contributed by atoms with Crippen LogP contribution in [-0.2, 0) is 13.1 Å². The summed E-state index contributed by atoms with van der Waals surface area (Å²) in [7, 11) is 0. The van der Waals surface area contributed by atoms with Gasteiger partial charge in [0.25, 0.3) is 0 Å². The average Bonchev–Trinajstić information content (AvgIpc) is 2.91. The summed E-state index contributed by atoms with van der Waals surface area (Å²) in [4.78, 5) is 12.5. The minimum atomic E-state index is -0.829. The van der Waals surface area contributed by atoms with Crippen LogP contribution < -0.4 is 10.4 Å². The molecule has 1 unspecified atom stereocenters. The minimum Gasteiger partial charge on any atom is -0.491 e. The standard InChI is InChI=1S/C19H19N3O3/c1-2-21-17-5-3-4-6-18(17)22(19(21)24)12-15(23)13-25-16-9-7-14(11-20)8-10-16/h3-10,15,23H,2,12-13H2,1H3. The molecule has 0 bridgehead atoms. The van der Waals surface area contributed by atoms with Gasteiger partial charge in [-0.1, -0.05) is 12.1 Å². The molecule has 0 aliphatic carbocycles. The predicted molar refractivity (Wildman–Crippen MR) is 94.5 cm³/mol. The smallest absolute Gasteiger partial charge is 0.329 e. The lowest BCUT2D eigenvalue weighted by Gasteiger charge is -2.13. The predicted octanol–water partition coefficient (Wildman–Crippen LogP) is 2.13. The number of rotatable bonds is 6. The van der Waals surface area contributed by atoms with E-state index in [1.54, 1.807) is 33.4 Å². The zero-order valence-corrected chi connectivity index (χ0v) is 13.9. The van der Waals surface area contributed by atoms with E-state index >= 15 is 0 Å². The number of imidazole rings is 1. The van der Waals surface area contributed by atoms with E-state index < -0.39 is 6.10 Å². The molecule has 0 radical (unpaired) electrons. The van der Waals surface area contributed by atoms with Gasteiger partial charge in [0.05, 0.1) is 29.2 Å². The van der Waals surface area contributed by atoms with Gasteiger partial charge in [-0.2, -0.15) is 5.26 Å². The number of aryl methyl sites for hydroxylation is 1. The topological polar surface area (TPSA) is 80.2 Å². The van der Waals surface area contributed by atoms with Crippen molar-refractivity contribution in [2.75, 3.05) is 6.61 Å². The molecule has 0 spiro atoms. The van der Waals surface area contributed by atoms with Crippen molar-refractivity contribution in [3.63, 3.8) is 0 Å². The fourth-order valence-corrected chi connectivity index (χ4v) is 2.84. The zero-order valence-electron chi connectivity index (χ0n) is 13.9. The van der Waals surface area contributed by atoms with Gasteiger partial charge in [-0.05, 0) is 43.3 Å². The summed E-state index contributed by atoms with van der Waals surface area (Å²) >= 11 is 0. The summed E-state index contributed by atoms with van der Waals surface area (Å²) in [5.74, 6) is 0.571. The summed E-state index contributed by atoms with van der Waals surface area (Å²) < 4.78 is 8.80. The van der Waals surface area contributed by atoms with Crippen LogP contribution in [0.2, 0.25) is 0 Å². The van der Waals surface area contributed by atoms with Crippen molar-refractivity contribution >= 4 is 11.0 Å². The molecule has 128 valence electrons. The van der Waals surface area contributed by atoms with E-state index in [4.69, 9.17) is 10.00 Å². The van der Waals surface area contributed by atoms with Crippen LogP contribution in [0.5, 0.6) is 5.75 Å². The van der Waals surface area contributed by atoms with Crippen molar-refractivity contribution in [3.8, 4) is 11.8 Å². The van der Waals surface area contributed by atoms with Crippen LogP contribution in [0.3, 0.4) is 0 Å². The second-order valence-corrected chi connectivity index (χ2v) is 5.73. The molecule has 1 N–H and O–H groups in total. The highest BCUT2D eigenvalue weighted by molar-refractivity contribution is 5.75. The Morgan fingerprint density at radius 2 is 1.76 bits per heavy atom. The number of aromatic nitrogens is 2. The molecule has 0 saturated carbocycles. The molecule has 1 aromatic heterocycles. The first-order valence-electron chi connectivity index (χ1n) is 8.13. The van der Waals surface area contributed by atoms with Crippen LogP contribution >= 0.6 is 0 Å². The second-order valence-electron chi connectivity index (χ2n) is 5.73. The summed E-state index contributed by atoms with van der Waals surface area (Å²) in [6.45, 7) is 2.71. The number of aliphatic hydroxyl groups excluding tert-OH is 1. The van der Waals surface area contributed by atoms with E-state index in [0.29, 0.717) is 17.9 Å². The molecule has 3 aromatic rings. The van der Waals surface area contributed by atoms with E-state index in [1.165, 1.54) is 0 Å². The maximum atomic E-state index is 12.5. The van der Waals surface area contributed by atoms with E-state index in [1.807, 2.05) is 37.3 Å². The minimum absolute atomic E-state index is 0.0595. The Labute approximate surface area is 145 Å². The molecule has 6 nitrogen and oxygen atoms in total. The average molecular weight is 337 g/mol. The molecule has 0 fully saturated rings. The van der Waals surface area contributed by atoms with Crippen molar-refractivity contribution in [3.05, 3.63) is 64.6 Å². The first-order chi connectivity index (χ1) is 12.1. The molecule has 0 saturated heterocycles. The zero-order chi connectivity index (χ0) is 17.8. The quantitative estimate of drug-likeness (QED) is 0.747. The molecule has 0 aliphatic rings. The molecule has 2 aromatic carbocycles. The number of aliphatic hydroxyl groups is 1. The largest absolute Gasteiger partial charge is 0.491 e. The summed E-state index contributed by atoms with van der Waals surface area (Å²) in [6.07, 6.45) is -0.829. The molecule has 1 atom stereocenters. The lowest BCUT2D eigenvalue weighted by Crippen LogP contribution is -2.31. The number of hydrogen-bond donors (Lipinski definition) is 1. The van der Waals surface area contributed by atoms with Gasteiger partial charge in [-0.15, -0.1) is 0 Å². The molecule has 3 rings (SSSR count). The highest BCUT2D eigenvalue weighted by Crippen LogP contribution is 2.14. The van der Waals surface area contributed by atoms with Gasteiger partial charge in [-0.25, -0.2) is 4.79 Å². The van der Waals surface area contributed by atoms with Crippen molar-refractivity contribution < 1.29 is 9.84 Å². The Balaban J connectivity index is 1.74. The highest BCUT2D eigenvalue weighted by atomic mass is 16.5. The highest BCUT2D eigenvalue weighted by Gasteiger charge is 2.15. The Morgan fingerprint density at radius 1 is 1.12 bits per heavy atom. The molecule has 0 amide bonds. The van der Waals surface area contributed by atoms with Gasteiger partial charge in [0.2, 0.25) is 0 Å². The fraction of sp³-hybridized carbons (Fsp3) is 0.263. The number of benzene rings is 2. The maximum Gasteiger partial charge on any atom is 0.329 e. The van der Waals surface area contributed by atoms with Gasteiger partial charge in [0, 0.05) is 6.54 Å². The second kappa shape index (κ2) is 7.24. The Bertz CT molecular complexity index is 964.